The molecular formula is C30H46N2O3. The van der Waals surface area contributed by atoms with Gasteiger partial charge in [0.05, 0.1) is 12.1 Å². The summed E-state index contributed by atoms with van der Waals surface area (Å²) < 4.78 is 0. The summed E-state index contributed by atoms with van der Waals surface area (Å²) in [6.07, 6.45) is 18.9. The van der Waals surface area contributed by atoms with Crippen LogP contribution in [0.25, 0.3) is 0 Å². The van der Waals surface area contributed by atoms with E-state index in [0.29, 0.717) is 36.0 Å². The van der Waals surface area contributed by atoms with Crippen molar-refractivity contribution in [3.8, 4) is 0 Å². The summed E-state index contributed by atoms with van der Waals surface area (Å²) in [6.45, 7) is 4.99. The lowest BCUT2D eigenvalue weighted by atomic mass is 9.43. The Bertz CT molecular complexity index is 921. The molecule has 0 bridgehead atoms. The summed E-state index contributed by atoms with van der Waals surface area (Å²) in [5.41, 5.74) is 7.54. The highest BCUT2D eigenvalue weighted by Gasteiger charge is 2.62. The van der Waals surface area contributed by atoms with Crippen molar-refractivity contribution in [3.05, 3.63) is 35.7 Å². The van der Waals surface area contributed by atoms with Crippen LogP contribution in [0.1, 0.15) is 84.5 Å². The van der Waals surface area contributed by atoms with E-state index in [1.54, 1.807) is 0 Å². The highest BCUT2D eigenvalue weighted by atomic mass is 16.3. The molecule has 4 saturated carbocycles. The average molecular weight is 483 g/mol. The van der Waals surface area contributed by atoms with Gasteiger partial charge < -0.3 is 21.3 Å². The van der Waals surface area contributed by atoms with Gasteiger partial charge in [-0.15, -0.1) is 0 Å². The van der Waals surface area contributed by atoms with Gasteiger partial charge in [-0.3, -0.25) is 4.79 Å². The Morgan fingerprint density at radius 3 is 2.57 bits per heavy atom. The van der Waals surface area contributed by atoms with Crippen LogP contribution in [0.3, 0.4) is 0 Å². The fraction of sp³-hybridized carbons (Fsp3) is 0.767. The summed E-state index contributed by atoms with van der Waals surface area (Å²) in [5, 5.41) is 24.9. The quantitative estimate of drug-likeness (QED) is 0.459. The molecule has 0 aromatic carbocycles. The first-order valence-corrected chi connectivity index (χ1v) is 14.1. The molecule has 5 nitrogen and oxygen atoms in total. The number of carbonyl (C=O) groups is 1. The van der Waals surface area contributed by atoms with E-state index in [2.05, 4.69) is 24.4 Å². The molecule has 0 aliphatic heterocycles. The third-order valence-electron chi connectivity index (χ3n) is 11.2. The molecule has 5 aliphatic rings. The van der Waals surface area contributed by atoms with Gasteiger partial charge in [0.25, 0.3) is 0 Å². The molecule has 35 heavy (non-hydrogen) atoms. The van der Waals surface area contributed by atoms with Crippen molar-refractivity contribution in [2.45, 2.75) is 90.1 Å². The van der Waals surface area contributed by atoms with Crippen molar-refractivity contribution in [1.29, 1.82) is 0 Å². The number of hydrogen-bond donors (Lipinski definition) is 4. The fourth-order valence-corrected chi connectivity index (χ4v) is 9.37. The van der Waals surface area contributed by atoms with Gasteiger partial charge in [0.1, 0.15) is 0 Å². The zero-order valence-electron chi connectivity index (χ0n) is 21.8. The van der Waals surface area contributed by atoms with E-state index in [0.717, 1.165) is 75.6 Å². The lowest BCUT2D eigenvalue weighted by Gasteiger charge is -2.62. The molecule has 0 saturated heterocycles. The molecule has 0 aromatic heterocycles. The third-order valence-corrected chi connectivity index (χ3v) is 11.2. The molecule has 0 spiro atoms. The monoisotopic (exact) mass is 482 g/mol. The summed E-state index contributed by atoms with van der Waals surface area (Å²) in [5.74, 6) is 2.59. The van der Waals surface area contributed by atoms with Gasteiger partial charge >= 0.3 is 0 Å². The summed E-state index contributed by atoms with van der Waals surface area (Å²) in [6, 6.07) is 0. The number of carbonyl (C=O) groups excluding carboxylic acids is 1. The number of rotatable bonds is 5. The molecule has 0 aromatic rings. The van der Waals surface area contributed by atoms with E-state index in [1.165, 1.54) is 6.42 Å². The Morgan fingerprint density at radius 2 is 1.80 bits per heavy atom. The van der Waals surface area contributed by atoms with Crippen LogP contribution in [0, 0.1) is 40.4 Å². The lowest BCUT2D eigenvalue weighted by Crippen LogP contribution is -2.58. The molecular weight excluding hydrogens is 436 g/mol. The zero-order chi connectivity index (χ0) is 24.8. The van der Waals surface area contributed by atoms with E-state index in [-0.39, 0.29) is 23.4 Å². The highest BCUT2D eigenvalue weighted by Crippen LogP contribution is 2.68. The number of Topliss-reactive ketones (excluding diaryl/α,β-unsaturated/α-hetero) is 1. The zero-order valence-corrected chi connectivity index (χ0v) is 21.8. The Kier molecular flexibility index (Phi) is 6.71. The number of fused-ring (bicyclic) bond motifs is 5. The molecule has 0 heterocycles. The minimum Gasteiger partial charge on any atom is -0.400 e. The Morgan fingerprint density at radius 1 is 1.03 bits per heavy atom. The minimum absolute atomic E-state index is 0.0275. The first-order chi connectivity index (χ1) is 16.7. The number of nitrogens with one attached hydrogen (secondary N) is 1. The molecule has 5 rings (SSSR count). The maximum Gasteiger partial charge on any atom is 0.155 e. The van der Waals surface area contributed by atoms with Crippen LogP contribution in [-0.2, 0) is 4.79 Å². The van der Waals surface area contributed by atoms with E-state index >= 15 is 0 Å². The van der Waals surface area contributed by atoms with Gasteiger partial charge in [0, 0.05) is 36.8 Å². The van der Waals surface area contributed by atoms with E-state index < -0.39 is 5.60 Å². The largest absolute Gasteiger partial charge is 0.400 e. The van der Waals surface area contributed by atoms with Crippen molar-refractivity contribution in [2.75, 3.05) is 13.2 Å². The van der Waals surface area contributed by atoms with Gasteiger partial charge in [-0.1, -0.05) is 31.2 Å². The maximum absolute atomic E-state index is 13.6. The average Bonchev–Trinajstić information content (AvgIpc) is 3.17. The third kappa shape index (κ3) is 4.31. The Hall–Kier alpha value is -1.59. The van der Waals surface area contributed by atoms with Crippen LogP contribution < -0.4 is 11.1 Å². The van der Waals surface area contributed by atoms with E-state index in [1.807, 2.05) is 19.1 Å². The lowest BCUT2D eigenvalue weighted by molar-refractivity contribution is -0.171. The van der Waals surface area contributed by atoms with Crippen LogP contribution >= 0.6 is 0 Å². The second-order valence-electron chi connectivity index (χ2n) is 13.0. The Labute approximate surface area is 211 Å². The number of allylic oxidation sites excluding steroid dienone is 4. The van der Waals surface area contributed by atoms with Gasteiger partial charge in [-0.2, -0.15) is 0 Å². The first-order valence-electron chi connectivity index (χ1n) is 14.1. The maximum atomic E-state index is 13.6. The number of aliphatic hydroxyl groups is 2. The molecule has 0 radical (unpaired) electrons. The van der Waals surface area contributed by atoms with Gasteiger partial charge in [0.2, 0.25) is 0 Å². The Balaban J connectivity index is 1.29. The first kappa shape index (κ1) is 25.1. The number of ketones is 1. The molecule has 5 aliphatic carbocycles. The predicted octanol–water partition coefficient (Wildman–Crippen LogP) is 4.60. The van der Waals surface area contributed by atoms with Crippen molar-refractivity contribution < 1.29 is 15.0 Å². The van der Waals surface area contributed by atoms with Gasteiger partial charge in [-0.05, 0) is 99.2 Å². The standard InChI is InChI=1S/C30H46N2O3/c1-28(35)15-16-30(19-33)20(17-28)9-10-21-22-11-12-24(29(22,2)14-13-23(21)30)27(34)18-32-26-8-6-4-3-5-7-25(26)31/h3-6,20-24,32-33,35H,7-19,31H2,1-2H3/b5-3-,6-4-,26-25+/t20-,21-,22-,23-,24+,28+,29-,30+/m0/s1. The second kappa shape index (κ2) is 9.37. The smallest absolute Gasteiger partial charge is 0.155 e. The molecule has 5 heteroatoms. The van der Waals surface area contributed by atoms with Crippen molar-refractivity contribution >= 4 is 5.78 Å². The van der Waals surface area contributed by atoms with Crippen molar-refractivity contribution in [2.24, 2.45) is 46.2 Å². The van der Waals surface area contributed by atoms with Gasteiger partial charge in [-0.25, -0.2) is 0 Å². The number of hydrogen-bond acceptors (Lipinski definition) is 5. The van der Waals surface area contributed by atoms with Gasteiger partial charge in [0.15, 0.2) is 5.78 Å². The predicted molar refractivity (Wildman–Crippen MR) is 139 cm³/mol. The second-order valence-corrected chi connectivity index (χ2v) is 13.0. The van der Waals surface area contributed by atoms with Crippen molar-refractivity contribution in [3.63, 3.8) is 0 Å². The summed E-state index contributed by atoms with van der Waals surface area (Å²) in [7, 11) is 0. The SMILES string of the molecule is C[C@@]1(O)CC[C@@]2(CO)[C@@H](CC[C@H]3[C@@H]4CC[C@H](C(=O)CN/C5=C(/N)C/C=C\C=C/C5)[C@@]4(C)CC[C@@H]32)C1. The van der Waals surface area contributed by atoms with Crippen molar-refractivity contribution in [1.82, 2.24) is 5.32 Å². The summed E-state index contributed by atoms with van der Waals surface area (Å²) >= 11 is 0. The van der Waals surface area contributed by atoms with Crippen LogP contribution in [0.5, 0.6) is 0 Å². The molecule has 0 amide bonds. The van der Waals surface area contributed by atoms with Crippen LogP contribution in [0.2, 0.25) is 0 Å². The molecule has 194 valence electrons. The van der Waals surface area contributed by atoms with Crippen LogP contribution in [-0.4, -0.2) is 34.7 Å². The fourth-order valence-electron chi connectivity index (χ4n) is 9.37. The molecule has 0 unspecified atom stereocenters. The summed E-state index contributed by atoms with van der Waals surface area (Å²) in [4.78, 5) is 13.6. The van der Waals surface area contributed by atoms with E-state index in [9.17, 15) is 15.0 Å². The highest BCUT2D eigenvalue weighted by molar-refractivity contribution is 5.84. The molecule has 5 N–H and O–H groups in total. The molecule has 8 atom stereocenters. The van der Waals surface area contributed by atoms with Crippen LogP contribution in [0.4, 0.5) is 0 Å². The minimum atomic E-state index is -0.585. The van der Waals surface area contributed by atoms with Crippen LogP contribution in [0.15, 0.2) is 35.7 Å². The number of aliphatic hydroxyl groups excluding tert-OH is 1. The molecule has 4 fully saturated rings. The topological polar surface area (TPSA) is 95.6 Å². The normalized spacial score (nSPS) is 49.1. The van der Waals surface area contributed by atoms with E-state index in [4.69, 9.17) is 5.73 Å². The number of nitrogens with two attached hydrogens (primary N) is 1.